The lowest BCUT2D eigenvalue weighted by Gasteiger charge is -2.05. The van der Waals surface area contributed by atoms with Gasteiger partial charge in [0.25, 0.3) is 0 Å². The van der Waals surface area contributed by atoms with E-state index in [0.29, 0.717) is 5.56 Å². The van der Waals surface area contributed by atoms with Crippen molar-refractivity contribution in [2.45, 2.75) is 32.6 Å². The van der Waals surface area contributed by atoms with Crippen LogP contribution in [0.25, 0.3) is 0 Å². The molecule has 2 nitrogen and oxygen atoms in total. The van der Waals surface area contributed by atoms with Crippen molar-refractivity contribution in [3.63, 3.8) is 0 Å². The highest BCUT2D eigenvalue weighted by atomic mass is 32.1. The second-order valence-corrected chi connectivity index (χ2v) is 4.14. The third-order valence-electron chi connectivity index (χ3n) is 2.37. The molecule has 0 atom stereocenters. The predicted octanol–water partition coefficient (Wildman–Crippen LogP) is 3.72. The van der Waals surface area contributed by atoms with E-state index in [0.717, 1.165) is 18.8 Å². The Labute approximate surface area is 102 Å². The van der Waals surface area contributed by atoms with Gasteiger partial charge < -0.3 is 4.74 Å². The highest BCUT2D eigenvalue weighted by Crippen LogP contribution is 2.14. The predicted molar refractivity (Wildman–Crippen MR) is 69.4 cm³/mol. The van der Waals surface area contributed by atoms with Gasteiger partial charge in [-0.15, -0.1) is 12.6 Å². The molecule has 0 unspecified atom stereocenters. The molecular weight excluding hydrogens is 220 g/mol. The number of unbranched alkanes of at least 4 members (excludes halogenated alkanes) is 3. The van der Waals surface area contributed by atoms with Crippen LogP contribution in [0.5, 0.6) is 5.75 Å². The topological polar surface area (TPSA) is 26.3 Å². The summed E-state index contributed by atoms with van der Waals surface area (Å²) in [7, 11) is 0. The summed E-state index contributed by atoms with van der Waals surface area (Å²) >= 11 is 3.75. The van der Waals surface area contributed by atoms with Crippen LogP contribution >= 0.6 is 12.6 Å². The number of rotatable bonds is 7. The molecule has 0 saturated heterocycles. The van der Waals surface area contributed by atoms with E-state index in [2.05, 4.69) is 19.6 Å². The molecule has 0 aromatic heterocycles. The highest BCUT2D eigenvalue weighted by molar-refractivity contribution is 7.97. The highest BCUT2D eigenvalue weighted by Gasteiger charge is 1.99. The van der Waals surface area contributed by atoms with E-state index >= 15 is 0 Å². The molecule has 0 aliphatic rings. The van der Waals surface area contributed by atoms with E-state index in [9.17, 15) is 4.79 Å². The fourth-order valence-electron chi connectivity index (χ4n) is 1.41. The Morgan fingerprint density at radius 1 is 1.19 bits per heavy atom. The summed E-state index contributed by atoms with van der Waals surface area (Å²) < 4.78 is 5.55. The van der Waals surface area contributed by atoms with Gasteiger partial charge in [-0.3, -0.25) is 4.79 Å². The maximum Gasteiger partial charge on any atom is 0.216 e. The second-order valence-electron chi connectivity index (χ2n) is 3.74. The Morgan fingerprint density at radius 3 is 2.44 bits per heavy atom. The van der Waals surface area contributed by atoms with Crippen molar-refractivity contribution in [2.24, 2.45) is 0 Å². The van der Waals surface area contributed by atoms with Crippen LogP contribution in [-0.2, 0) is 0 Å². The molecule has 1 rings (SSSR count). The SMILES string of the molecule is CCCCCCOc1ccc(C(=O)S)cc1. The lowest BCUT2D eigenvalue weighted by atomic mass is 10.2. The van der Waals surface area contributed by atoms with Crippen LogP contribution in [-0.4, -0.2) is 11.7 Å². The zero-order chi connectivity index (χ0) is 11.8. The maximum atomic E-state index is 10.9. The number of hydrogen-bond acceptors (Lipinski definition) is 2. The molecule has 16 heavy (non-hydrogen) atoms. The first-order valence-corrected chi connectivity index (χ1v) is 6.15. The lowest BCUT2D eigenvalue weighted by molar-refractivity contribution is 0.109. The number of benzene rings is 1. The van der Waals surface area contributed by atoms with Gasteiger partial charge in [0.15, 0.2) is 0 Å². The Balaban J connectivity index is 2.29. The van der Waals surface area contributed by atoms with E-state index < -0.39 is 0 Å². The van der Waals surface area contributed by atoms with E-state index in [1.165, 1.54) is 19.3 Å². The van der Waals surface area contributed by atoms with Crippen LogP contribution in [0.15, 0.2) is 24.3 Å². The van der Waals surface area contributed by atoms with Gasteiger partial charge in [0.1, 0.15) is 5.75 Å². The van der Waals surface area contributed by atoms with Crippen LogP contribution < -0.4 is 4.74 Å². The molecule has 0 heterocycles. The van der Waals surface area contributed by atoms with Gasteiger partial charge >= 0.3 is 0 Å². The molecule has 0 aliphatic heterocycles. The molecule has 1 aromatic carbocycles. The molecule has 0 amide bonds. The summed E-state index contributed by atoms with van der Waals surface area (Å²) in [6.07, 6.45) is 4.79. The Morgan fingerprint density at radius 2 is 1.88 bits per heavy atom. The Hall–Kier alpha value is -0.960. The minimum Gasteiger partial charge on any atom is -0.494 e. The van der Waals surface area contributed by atoms with Crippen LogP contribution in [0.2, 0.25) is 0 Å². The van der Waals surface area contributed by atoms with Gasteiger partial charge in [-0.2, -0.15) is 0 Å². The lowest BCUT2D eigenvalue weighted by Crippen LogP contribution is -1.97. The van der Waals surface area contributed by atoms with E-state index in [1.807, 2.05) is 12.1 Å². The van der Waals surface area contributed by atoms with Gasteiger partial charge in [-0.1, -0.05) is 26.2 Å². The van der Waals surface area contributed by atoms with E-state index in [1.54, 1.807) is 12.1 Å². The van der Waals surface area contributed by atoms with Crippen molar-refractivity contribution in [3.8, 4) is 5.75 Å². The van der Waals surface area contributed by atoms with Gasteiger partial charge in [0, 0.05) is 5.56 Å². The quantitative estimate of drug-likeness (QED) is 0.579. The molecule has 1 aromatic rings. The van der Waals surface area contributed by atoms with Crippen molar-refractivity contribution < 1.29 is 9.53 Å². The zero-order valence-corrected chi connectivity index (χ0v) is 10.5. The minimum atomic E-state index is -0.213. The summed E-state index contributed by atoms with van der Waals surface area (Å²) in [4.78, 5) is 10.9. The average Bonchev–Trinajstić information content (AvgIpc) is 2.29. The van der Waals surface area contributed by atoms with Crippen molar-refractivity contribution >= 4 is 17.7 Å². The van der Waals surface area contributed by atoms with E-state index in [4.69, 9.17) is 4.74 Å². The normalized spacial score (nSPS) is 10.1. The molecule has 0 bridgehead atoms. The van der Waals surface area contributed by atoms with Crippen molar-refractivity contribution in [1.29, 1.82) is 0 Å². The molecule has 0 radical (unpaired) electrons. The molecule has 0 saturated carbocycles. The fraction of sp³-hybridized carbons (Fsp3) is 0.462. The number of carbonyl (C=O) groups is 1. The second kappa shape index (κ2) is 7.34. The van der Waals surface area contributed by atoms with E-state index in [-0.39, 0.29) is 5.12 Å². The van der Waals surface area contributed by atoms with Crippen LogP contribution in [0.4, 0.5) is 0 Å². The van der Waals surface area contributed by atoms with Gasteiger partial charge in [0.05, 0.1) is 6.61 Å². The van der Waals surface area contributed by atoms with Crippen molar-refractivity contribution in [3.05, 3.63) is 29.8 Å². The molecule has 0 aliphatic carbocycles. The molecule has 0 spiro atoms. The fourth-order valence-corrected chi connectivity index (χ4v) is 1.56. The van der Waals surface area contributed by atoms with Crippen LogP contribution in [0.3, 0.4) is 0 Å². The van der Waals surface area contributed by atoms with Crippen molar-refractivity contribution in [2.75, 3.05) is 6.61 Å². The summed E-state index contributed by atoms with van der Waals surface area (Å²) in [5.74, 6) is 0.815. The Kier molecular flexibility index (Phi) is 6.01. The first kappa shape index (κ1) is 13.1. The van der Waals surface area contributed by atoms with Crippen molar-refractivity contribution in [1.82, 2.24) is 0 Å². The number of thiol groups is 1. The number of ether oxygens (including phenoxy) is 1. The summed E-state index contributed by atoms with van der Waals surface area (Å²) in [6.45, 7) is 2.93. The van der Waals surface area contributed by atoms with Gasteiger partial charge in [0.2, 0.25) is 5.12 Å². The number of hydrogen-bond donors (Lipinski definition) is 1. The van der Waals surface area contributed by atoms with Crippen LogP contribution in [0.1, 0.15) is 43.0 Å². The summed E-state index contributed by atoms with van der Waals surface area (Å²) in [6, 6.07) is 7.08. The summed E-state index contributed by atoms with van der Waals surface area (Å²) in [5, 5.41) is -0.213. The first-order valence-electron chi connectivity index (χ1n) is 5.70. The average molecular weight is 238 g/mol. The summed E-state index contributed by atoms with van der Waals surface area (Å²) in [5.41, 5.74) is 0.599. The van der Waals surface area contributed by atoms with Crippen LogP contribution in [0, 0.1) is 0 Å². The Bertz CT molecular complexity index is 319. The standard InChI is InChI=1S/C13H18O2S/c1-2-3-4-5-10-15-12-8-6-11(7-9-12)13(14)16/h6-9H,2-5,10H2,1H3,(H,14,16). The monoisotopic (exact) mass is 238 g/mol. The maximum absolute atomic E-state index is 10.9. The largest absolute Gasteiger partial charge is 0.494 e. The zero-order valence-electron chi connectivity index (χ0n) is 9.61. The molecule has 0 N–H and O–H groups in total. The third-order valence-corrected chi connectivity index (χ3v) is 2.63. The minimum absolute atomic E-state index is 0.213. The van der Waals surface area contributed by atoms with Gasteiger partial charge in [-0.25, -0.2) is 0 Å². The van der Waals surface area contributed by atoms with Gasteiger partial charge in [-0.05, 0) is 30.7 Å². The smallest absolute Gasteiger partial charge is 0.216 e. The number of carbonyl (C=O) groups excluding carboxylic acids is 1. The third kappa shape index (κ3) is 4.71. The molecule has 88 valence electrons. The molecule has 0 fully saturated rings. The molecular formula is C13H18O2S. The molecule has 3 heteroatoms. The first-order chi connectivity index (χ1) is 7.74.